The average molecular weight is 249 g/mol. The Morgan fingerprint density at radius 2 is 2.26 bits per heavy atom. The first-order valence-electron chi connectivity index (χ1n) is 6.13. The quantitative estimate of drug-likeness (QED) is 0.393. The molecule has 0 unspecified atom stereocenters. The zero-order valence-corrected chi connectivity index (χ0v) is 9.95. The number of pyridine rings is 2. The van der Waals surface area contributed by atoms with Crippen LogP contribution in [0.25, 0.3) is 28.2 Å². The monoisotopic (exact) mass is 249 g/mol. The van der Waals surface area contributed by atoms with Crippen LogP contribution in [-0.2, 0) is 6.54 Å². The van der Waals surface area contributed by atoms with Gasteiger partial charge in [-0.15, -0.1) is 4.98 Å². The standard InChI is InChI=1S/C14H9N4O/c1-2-11-13(16-4-1)18-8-17-7-9-6-15-5-3-10(9)12(17)14(18)19-11/h1-6,8H,7H2/q+1. The van der Waals surface area contributed by atoms with Crippen molar-refractivity contribution in [3.63, 3.8) is 0 Å². The summed E-state index contributed by atoms with van der Waals surface area (Å²) in [5.74, 6) is 0. The minimum atomic E-state index is 0.809. The SMILES string of the molecule is c1cnc2c(c1)oc1c3n(c[n+]12)Cc1cnccc1-3. The maximum atomic E-state index is 5.95. The molecule has 0 amide bonds. The van der Waals surface area contributed by atoms with Gasteiger partial charge in [0.2, 0.25) is 5.58 Å². The third kappa shape index (κ3) is 1.03. The normalized spacial score (nSPS) is 13.1. The van der Waals surface area contributed by atoms with Crippen molar-refractivity contribution in [2.75, 3.05) is 0 Å². The van der Waals surface area contributed by atoms with Crippen LogP contribution >= 0.6 is 0 Å². The molecule has 1 aliphatic heterocycles. The molecular weight excluding hydrogens is 240 g/mol. The molecule has 90 valence electrons. The van der Waals surface area contributed by atoms with Gasteiger partial charge in [-0.2, -0.15) is 4.40 Å². The number of hydrogen-bond donors (Lipinski definition) is 0. The molecule has 0 aromatic carbocycles. The number of hydrogen-bond acceptors (Lipinski definition) is 3. The van der Waals surface area contributed by atoms with Crippen LogP contribution in [-0.4, -0.2) is 14.5 Å². The fourth-order valence-electron chi connectivity index (χ4n) is 2.84. The van der Waals surface area contributed by atoms with Crippen molar-refractivity contribution >= 4 is 16.9 Å². The fourth-order valence-corrected chi connectivity index (χ4v) is 2.84. The van der Waals surface area contributed by atoms with Crippen LogP contribution in [0.15, 0.2) is 47.5 Å². The molecule has 5 nitrogen and oxygen atoms in total. The minimum Gasteiger partial charge on any atom is -0.419 e. The summed E-state index contributed by atoms with van der Waals surface area (Å²) in [6, 6.07) is 5.86. The third-order valence-corrected chi connectivity index (χ3v) is 3.65. The zero-order valence-electron chi connectivity index (χ0n) is 9.95. The van der Waals surface area contributed by atoms with Gasteiger partial charge < -0.3 is 4.42 Å². The summed E-state index contributed by atoms with van der Waals surface area (Å²) in [6.07, 6.45) is 7.56. The van der Waals surface area contributed by atoms with Crippen molar-refractivity contribution in [2.45, 2.75) is 6.54 Å². The Labute approximate surface area is 107 Å². The van der Waals surface area contributed by atoms with Crippen LogP contribution in [0.2, 0.25) is 0 Å². The molecule has 0 atom stereocenters. The molecule has 4 aromatic rings. The van der Waals surface area contributed by atoms with Gasteiger partial charge in [-0.1, -0.05) is 0 Å². The second kappa shape index (κ2) is 3.00. The van der Waals surface area contributed by atoms with Crippen LogP contribution in [0.5, 0.6) is 0 Å². The molecule has 5 heterocycles. The summed E-state index contributed by atoms with van der Waals surface area (Å²) >= 11 is 0. The second-order valence-corrected chi connectivity index (χ2v) is 4.73. The summed E-state index contributed by atoms with van der Waals surface area (Å²) in [7, 11) is 0. The van der Waals surface area contributed by atoms with Gasteiger partial charge in [0.05, 0.1) is 6.54 Å². The zero-order chi connectivity index (χ0) is 12.4. The average Bonchev–Trinajstić information content (AvgIpc) is 3.05. The number of aromatic nitrogens is 4. The molecule has 19 heavy (non-hydrogen) atoms. The fraction of sp³-hybridized carbons (Fsp3) is 0.0714. The van der Waals surface area contributed by atoms with Crippen LogP contribution in [0, 0.1) is 0 Å². The highest BCUT2D eigenvalue weighted by Gasteiger charge is 2.30. The van der Waals surface area contributed by atoms with E-state index in [-0.39, 0.29) is 0 Å². The molecule has 4 aromatic heterocycles. The van der Waals surface area contributed by atoms with Crippen molar-refractivity contribution < 1.29 is 8.82 Å². The van der Waals surface area contributed by atoms with Gasteiger partial charge in [0.15, 0.2) is 12.0 Å². The first-order valence-corrected chi connectivity index (χ1v) is 6.13. The van der Waals surface area contributed by atoms with E-state index in [9.17, 15) is 0 Å². The molecule has 0 N–H and O–H groups in total. The molecule has 0 bridgehead atoms. The number of nitrogens with zero attached hydrogens (tertiary/aromatic N) is 4. The van der Waals surface area contributed by atoms with E-state index >= 15 is 0 Å². The Morgan fingerprint density at radius 3 is 3.26 bits per heavy atom. The van der Waals surface area contributed by atoms with Crippen molar-refractivity contribution in [3.05, 3.63) is 48.7 Å². The van der Waals surface area contributed by atoms with Crippen LogP contribution in [0.4, 0.5) is 0 Å². The van der Waals surface area contributed by atoms with Crippen molar-refractivity contribution in [3.8, 4) is 11.3 Å². The minimum absolute atomic E-state index is 0.809. The first kappa shape index (κ1) is 9.27. The molecule has 0 aliphatic carbocycles. The largest absolute Gasteiger partial charge is 0.419 e. The molecule has 0 saturated carbocycles. The summed E-state index contributed by atoms with van der Waals surface area (Å²) < 4.78 is 10.1. The van der Waals surface area contributed by atoms with Gasteiger partial charge in [0.1, 0.15) is 6.20 Å². The summed E-state index contributed by atoms with van der Waals surface area (Å²) in [5.41, 5.74) is 6.04. The van der Waals surface area contributed by atoms with Gasteiger partial charge >= 0.3 is 11.4 Å². The van der Waals surface area contributed by atoms with E-state index in [2.05, 4.69) is 14.5 Å². The van der Waals surface area contributed by atoms with Crippen molar-refractivity contribution in [2.24, 2.45) is 0 Å². The number of oxazole rings is 1. The molecule has 0 radical (unpaired) electrons. The highest BCUT2D eigenvalue weighted by molar-refractivity contribution is 5.79. The maximum absolute atomic E-state index is 5.95. The highest BCUT2D eigenvalue weighted by atomic mass is 16.3. The van der Waals surface area contributed by atoms with Gasteiger partial charge in [-0.05, 0) is 18.2 Å². The lowest BCUT2D eigenvalue weighted by Gasteiger charge is -1.92. The molecule has 0 saturated heterocycles. The van der Waals surface area contributed by atoms with Gasteiger partial charge in [0, 0.05) is 23.5 Å². The molecule has 5 heteroatoms. The summed E-state index contributed by atoms with van der Waals surface area (Å²) in [6.45, 7) is 0.837. The Hall–Kier alpha value is -2.69. The van der Waals surface area contributed by atoms with Crippen molar-refractivity contribution in [1.82, 2.24) is 14.5 Å². The predicted molar refractivity (Wildman–Crippen MR) is 67.5 cm³/mol. The van der Waals surface area contributed by atoms with Gasteiger partial charge in [-0.25, -0.2) is 0 Å². The number of fused-ring (bicyclic) bond motifs is 7. The predicted octanol–water partition coefficient (Wildman–Crippen LogP) is 1.79. The highest BCUT2D eigenvalue weighted by Crippen LogP contribution is 2.34. The smallest absolute Gasteiger partial charge is 0.313 e. The van der Waals surface area contributed by atoms with Crippen molar-refractivity contribution in [1.29, 1.82) is 0 Å². The number of imidazole rings is 1. The van der Waals surface area contributed by atoms with E-state index in [0.29, 0.717) is 0 Å². The lowest BCUT2D eigenvalue weighted by molar-refractivity contribution is -0.488. The Kier molecular flexibility index (Phi) is 1.46. The first-order chi connectivity index (χ1) is 9.42. The summed E-state index contributed by atoms with van der Waals surface area (Å²) in [5, 5.41) is 0. The molecule has 5 rings (SSSR count). The van der Waals surface area contributed by atoms with E-state index in [0.717, 1.165) is 29.2 Å². The van der Waals surface area contributed by atoms with E-state index in [4.69, 9.17) is 4.42 Å². The molecular formula is C14H9N4O+. The Balaban J connectivity index is 1.97. The maximum Gasteiger partial charge on any atom is 0.313 e. The topological polar surface area (TPSA) is 48.0 Å². The lowest BCUT2D eigenvalue weighted by Crippen LogP contribution is -2.17. The second-order valence-electron chi connectivity index (χ2n) is 4.73. The van der Waals surface area contributed by atoms with E-state index in [1.807, 2.05) is 41.3 Å². The van der Waals surface area contributed by atoms with E-state index in [1.54, 1.807) is 6.20 Å². The van der Waals surface area contributed by atoms with Gasteiger partial charge in [-0.3, -0.25) is 9.55 Å². The Morgan fingerprint density at radius 1 is 1.26 bits per heavy atom. The molecule has 0 fully saturated rings. The van der Waals surface area contributed by atoms with Crippen LogP contribution in [0.3, 0.4) is 0 Å². The van der Waals surface area contributed by atoms with E-state index < -0.39 is 0 Å². The van der Waals surface area contributed by atoms with Crippen LogP contribution in [0.1, 0.15) is 5.56 Å². The van der Waals surface area contributed by atoms with Gasteiger partial charge in [0.25, 0.3) is 0 Å². The Bertz CT molecular complexity index is 951. The van der Waals surface area contributed by atoms with E-state index in [1.165, 1.54) is 11.1 Å². The molecule has 0 spiro atoms. The van der Waals surface area contributed by atoms with Crippen LogP contribution < -0.4 is 4.40 Å². The third-order valence-electron chi connectivity index (χ3n) is 3.65. The molecule has 1 aliphatic rings. The summed E-state index contributed by atoms with van der Waals surface area (Å²) in [4.78, 5) is 8.56. The number of rotatable bonds is 0. The lowest BCUT2D eigenvalue weighted by atomic mass is 10.1.